The van der Waals surface area contributed by atoms with Crippen molar-refractivity contribution < 1.29 is 5.11 Å². The van der Waals surface area contributed by atoms with Crippen LogP contribution in [0.5, 0.6) is 0 Å². The molecule has 3 atom stereocenters. The third-order valence-corrected chi connectivity index (χ3v) is 5.22. The number of hydrogen-bond donors (Lipinski definition) is 1. The maximum Gasteiger partial charge on any atom is 0.100 e. The summed E-state index contributed by atoms with van der Waals surface area (Å²) in [7, 11) is 4.19. The van der Waals surface area contributed by atoms with Crippen LogP contribution in [-0.2, 0) is 5.60 Å². The van der Waals surface area contributed by atoms with Crippen LogP contribution in [-0.4, -0.2) is 30.6 Å². The van der Waals surface area contributed by atoms with Crippen LogP contribution in [0.1, 0.15) is 36.3 Å². The van der Waals surface area contributed by atoms with Crippen LogP contribution >= 0.6 is 0 Å². The topological polar surface area (TPSA) is 23.5 Å². The van der Waals surface area contributed by atoms with Crippen molar-refractivity contribution in [2.45, 2.75) is 30.8 Å². The molecule has 0 aromatic heterocycles. The Kier molecular flexibility index (Phi) is 4.84. The van der Waals surface area contributed by atoms with Gasteiger partial charge in [0.15, 0.2) is 0 Å². The Hall–Kier alpha value is -1.64. The van der Waals surface area contributed by atoms with Gasteiger partial charge in [0.25, 0.3) is 0 Å². The normalized spacial score (nSPS) is 28.0. The van der Waals surface area contributed by atoms with Gasteiger partial charge in [0, 0.05) is 18.4 Å². The Balaban J connectivity index is 2.06. The highest BCUT2D eigenvalue weighted by Crippen LogP contribution is 2.50. The molecular weight excluding hydrogens is 282 g/mol. The average Bonchev–Trinajstić information content (AvgIpc) is 2.58. The van der Waals surface area contributed by atoms with Crippen LogP contribution in [0.25, 0.3) is 0 Å². The van der Waals surface area contributed by atoms with E-state index < -0.39 is 5.60 Å². The summed E-state index contributed by atoms with van der Waals surface area (Å²) in [6, 6.07) is 20.8. The van der Waals surface area contributed by atoms with Crippen molar-refractivity contribution in [3.8, 4) is 0 Å². The Bertz CT molecular complexity index is 610. The van der Waals surface area contributed by atoms with Crippen molar-refractivity contribution >= 4 is 0 Å². The van der Waals surface area contributed by atoms with E-state index in [9.17, 15) is 5.11 Å². The zero-order valence-corrected chi connectivity index (χ0v) is 14.2. The molecule has 2 heteroatoms. The highest BCUT2D eigenvalue weighted by Gasteiger charge is 2.47. The van der Waals surface area contributed by atoms with Gasteiger partial charge in [-0.25, -0.2) is 0 Å². The van der Waals surface area contributed by atoms with E-state index in [2.05, 4.69) is 55.4 Å². The molecule has 2 nitrogen and oxygen atoms in total. The first-order valence-corrected chi connectivity index (χ1v) is 8.60. The van der Waals surface area contributed by atoms with Gasteiger partial charge in [0.1, 0.15) is 5.60 Å². The van der Waals surface area contributed by atoms with Crippen LogP contribution in [0, 0.1) is 5.92 Å². The maximum atomic E-state index is 11.9. The Morgan fingerprint density at radius 3 is 2.17 bits per heavy atom. The largest absolute Gasteiger partial charge is 0.384 e. The second-order valence-electron chi connectivity index (χ2n) is 7.04. The van der Waals surface area contributed by atoms with Gasteiger partial charge in [-0.15, -0.1) is 0 Å². The lowest BCUT2D eigenvalue weighted by atomic mass is 9.63. The van der Waals surface area contributed by atoms with E-state index in [4.69, 9.17) is 0 Å². The Morgan fingerprint density at radius 1 is 0.957 bits per heavy atom. The van der Waals surface area contributed by atoms with Crippen molar-refractivity contribution in [2.75, 3.05) is 20.6 Å². The molecule has 2 aromatic carbocycles. The van der Waals surface area contributed by atoms with E-state index in [1.807, 2.05) is 24.3 Å². The minimum Gasteiger partial charge on any atom is -0.384 e. The number of rotatable bonds is 4. The lowest BCUT2D eigenvalue weighted by molar-refractivity contribution is -0.0803. The second kappa shape index (κ2) is 6.86. The molecule has 0 aliphatic heterocycles. The lowest BCUT2D eigenvalue weighted by Gasteiger charge is -2.47. The van der Waals surface area contributed by atoms with Crippen LogP contribution in [0.15, 0.2) is 60.7 Å². The number of nitrogens with zero attached hydrogens (tertiary/aromatic N) is 1. The average molecular weight is 309 g/mol. The standard InChI is InChI=1S/C21H27NO/c1-22(2)16-19-14-9-15-20(17-10-5-3-6-11-17)21(19,23)18-12-7-4-8-13-18/h3-8,10-13,19-20,23H,9,14-16H2,1-2H3/t19-,20-,21-/m0/s1. The summed E-state index contributed by atoms with van der Waals surface area (Å²) in [6.45, 7) is 0.911. The predicted molar refractivity (Wildman–Crippen MR) is 95.4 cm³/mol. The molecular formula is C21H27NO. The molecule has 0 amide bonds. The van der Waals surface area contributed by atoms with Gasteiger partial charge >= 0.3 is 0 Å². The molecule has 0 saturated heterocycles. The van der Waals surface area contributed by atoms with E-state index in [1.54, 1.807) is 0 Å². The summed E-state index contributed by atoms with van der Waals surface area (Å²) in [5, 5.41) is 11.9. The van der Waals surface area contributed by atoms with Crippen molar-refractivity contribution in [2.24, 2.45) is 5.92 Å². The van der Waals surface area contributed by atoms with Gasteiger partial charge in [-0.1, -0.05) is 67.1 Å². The second-order valence-corrected chi connectivity index (χ2v) is 7.04. The molecule has 0 radical (unpaired) electrons. The fourth-order valence-corrected chi connectivity index (χ4v) is 4.21. The molecule has 3 rings (SSSR count). The van der Waals surface area contributed by atoms with Crippen molar-refractivity contribution in [1.82, 2.24) is 4.90 Å². The van der Waals surface area contributed by atoms with Crippen LogP contribution in [0.3, 0.4) is 0 Å². The molecule has 1 fully saturated rings. The number of aliphatic hydroxyl groups is 1. The first-order chi connectivity index (χ1) is 11.1. The van der Waals surface area contributed by atoms with Gasteiger partial charge in [0.2, 0.25) is 0 Å². The zero-order chi connectivity index (χ0) is 16.3. The summed E-state index contributed by atoms with van der Waals surface area (Å²) >= 11 is 0. The molecule has 0 unspecified atom stereocenters. The van der Waals surface area contributed by atoms with Gasteiger partial charge in [-0.05, 0) is 38.1 Å². The summed E-state index contributed by atoms with van der Waals surface area (Å²) in [4.78, 5) is 2.20. The highest BCUT2D eigenvalue weighted by atomic mass is 16.3. The summed E-state index contributed by atoms with van der Waals surface area (Å²) in [5.74, 6) is 0.406. The smallest absolute Gasteiger partial charge is 0.100 e. The minimum absolute atomic E-state index is 0.157. The fraction of sp³-hybridized carbons (Fsp3) is 0.429. The van der Waals surface area contributed by atoms with Crippen LogP contribution in [0.2, 0.25) is 0 Å². The lowest BCUT2D eigenvalue weighted by Crippen LogP contribution is -2.47. The molecule has 122 valence electrons. The number of hydrogen-bond acceptors (Lipinski definition) is 2. The van der Waals surface area contributed by atoms with E-state index in [1.165, 1.54) is 12.0 Å². The van der Waals surface area contributed by atoms with Gasteiger partial charge < -0.3 is 10.0 Å². The minimum atomic E-state index is -0.800. The molecule has 1 aliphatic carbocycles. The van der Waals surface area contributed by atoms with Crippen LogP contribution in [0.4, 0.5) is 0 Å². The zero-order valence-electron chi connectivity index (χ0n) is 14.2. The SMILES string of the molecule is CN(C)C[C@@H]1CCC[C@@H](c2ccccc2)[C@]1(O)c1ccccc1. The van der Waals surface area contributed by atoms with Crippen LogP contribution < -0.4 is 0 Å². The monoisotopic (exact) mass is 309 g/mol. The first kappa shape index (κ1) is 16.2. The molecule has 1 N–H and O–H groups in total. The van der Waals surface area contributed by atoms with E-state index in [0.29, 0.717) is 0 Å². The summed E-state index contributed by atoms with van der Waals surface area (Å²) in [6.07, 6.45) is 3.29. The molecule has 23 heavy (non-hydrogen) atoms. The Morgan fingerprint density at radius 2 is 1.57 bits per heavy atom. The van der Waals surface area contributed by atoms with Gasteiger partial charge in [-0.2, -0.15) is 0 Å². The molecule has 0 spiro atoms. The van der Waals surface area contributed by atoms with Gasteiger partial charge in [-0.3, -0.25) is 0 Å². The molecule has 0 bridgehead atoms. The maximum absolute atomic E-state index is 11.9. The van der Waals surface area contributed by atoms with Crippen molar-refractivity contribution in [3.05, 3.63) is 71.8 Å². The predicted octanol–water partition coefficient (Wildman–Crippen LogP) is 4.02. The quantitative estimate of drug-likeness (QED) is 0.922. The number of benzene rings is 2. The van der Waals surface area contributed by atoms with Gasteiger partial charge in [0.05, 0.1) is 0 Å². The molecule has 2 aromatic rings. The molecule has 1 saturated carbocycles. The third-order valence-electron chi connectivity index (χ3n) is 5.22. The molecule has 1 aliphatic rings. The van der Waals surface area contributed by atoms with E-state index in [-0.39, 0.29) is 11.8 Å². The van der Waals surface area contributed by atoms with Crippen molar-refractivity contribution in [3.63, 3.8) is 0 Å². The third kappa shape index (κ3) is 3.19. The summed E-state index contributed by atoms with van der Waals surface area (Å²) < 4.78 is 0. The Labute approximate surface area is 139 Å². The van der Waals surface area contributed by atoms with Crippen molar-refractivity contribution in [1.29, 1.82) is 0 Å². The first-order valence-electron chi connectivity index (χ1n) is 8.60. The summed E-state index contributed by atoms with van der Waals surface area (Å²) in [5.41, 5.74) is 1.51. The van der Waals surface area contributed by atoms with E-state index in [0.717, 1.165) is 24.9 Å². The highest BCUT2D eigenvalue weighted by molar-refractivity contribution is 5.33. The molecule has 0 heterocycles. The van der Waals surface area contributed by atoms with E-state index >= 15 is 0 Å². The fourth-order valence-electron chi connectivity index (χ4n) is 4.21.